The molecule has 0 bridgehead atoms. The van der Waals surface area contributed by atoms with Crippen molar-refractivity contribution in [3.8, 4) is 6.07 Å². The van der Waals surface area contributed by atoms with Gasteiger partial charge in [0.2, 0.25) is 0 Å². The van der Waals surface area contributed by atoms with Crippen molar-refractivity contribution in [2.24, 2.45) is 10.2 Å². The zero-order valence-electron chi connectivity index (χ0n) is 9.53. The maximum Gasteiger partial charge on any atom is 0.273 e. The van der Waals surface area contributed by atoms with E-state index < -0.39 is 5.54 Å². The van der Waals surface area contributed by atoms with Gasteiger partial charge in [0.25, 0.3) is 5.91 Å². The fourth-order valence-corrected chi connectivity index (χ4v) is 1.91. The van der Waals surface area contributed by atoms with Crippen LogP contribution in [0.1, 0.15) is 20.3 Å². The standard InChI is InChI=1S/C12H10N4O/c1-12(2,5-13)14-11(17)10-8-4-6-3-7(6)9(8)15-16-10/h4H,3H2,1-2H3,(H,14,17). The number of hydrogen-bond donors (Lipinski definition) is 1. The first kappa shape index (κ1) is 9.97. The van der Waals surface area contributed by atoms with Gasteiger partial charge in [-0.05, 0) is 31.1 Å². The third-order valence-electron chi connectivity index (χ3n) is 2.92. The Labute approximate surface area is 98.2 Å². The summed E-state index contributed by atoms with van der Waals surface area (Å²) in [7, 11) is 0. The van der Waals surface area contributed by atoms with Gasteiger partial charge in [-0.15, -0.1) is 10.2 Å². The Balaban J connectivity index is 1.89. The summed E-state index contributed by atoms with van der Waals surface area (Å²) in [5.41, 5.74) is 3.50. The third-order valence-corrected chi connectivity index (χ3v) is 2.92. The van der Waals surface area contributed by atoms with Crippen LogP contribution in [0.15, 0.2) is 44.4 Å². The Kier molecular flexibility index (Phi) is 1.71. The van der Waals surface area contributed by atoms with Crippen molar-refractivity contribution < 1.29 is 4.79 Å². The van der Waals surface area contributed by atoms with Gasteiger partial charge in [-0.25, -0.2) is 0 Å². The average molecular weight is 226 g/mol. The lowest BCUT2D eigenvalue weighted by molar-refractivity contribution is -0.118. The van der Waals surface area contributed by atoms with Gasteiger partial charge < -0.3 is 5.32 Å². The van der Waals surface area contributed by atoms with Gasteiger partial charge in [-0.1, -0.05) is 0 Å². The van der Waals surface area contributed by atoms with Crippen molar-refractivity contribution in [1.82, 2.24) is 5.32 Å². The summed E-state index contributed by atoms with van der Waals surface area (Å²) in [6, 6.07) is 2.02. The van der Waals surface area contributed by atoms with Crippen molar-refractivity contribution >= 4 is 5.91 Å². The maximum atomic E-state index is 12.0. The molecule has 0 aromatic heterocycles. The molecule has 1 N–H and O–H groups in total. The van der Waals surface area contributed by atoms with Crippen molar-refractivity contribution in [1.29, 1.82) is 5.26 Å². The van der Waals surface area contributed by atoms with Crippen molar-refractivity contribution in [2.45, 2.75) is 25.8 Å². The van der Waals surface area contributed by atoms with Crippen LogP contribution in [0.5, 0.6) is 0 Å². The molecule has 0 aromatic rings. The normalized spacial score (nSPS) is 19.9. The molecule has 1 heterocycles. The van der Waals surface area contributed by atoms with Crippen LogP contribution in [0, 0.1) is 11.3 Å². The molecule has 3 rings (SSSR count). The topological polar surface area (TPSA) is 77.6 Å². The quantitative estimate of drug-likeness (QED) is 0.778. The lowest BCUT2D eigenvalue weighted by Crippen LogP contribution is -2.42. The van der Waals surface area contributed by atoms with Gasteiger partial charge >= 0.3 is 0 Å². The molecule has 84 valence electrons. The minimum atomic E-state index is -0.898. The predicted octanol–water partition coefficient (Wildman–Crippen LogP) is 1.72. The number of fused-ring (bicyclic) bond motifs is 2. The van der Waals surface area contributed by atoms with E-state index in [1.807, 2.05) is 12.1 Å². The highest BCUT2D eigenvalue weighted by atomic mass is 16.2. The van der Waals surface area contributed by atoms with Gasteiger partial charge in [0, 0.05) is 12.0 Å². The fourth-order valence-electron chi connectivity index (χ4n) is 1.91. The molecule has 17 heavy (non-hydrogen) atoms. The van der Waals surface area contributed by atoms with E-state index in [0.717, 1.165) is 17.7 Å². The highest BCUT2D eigenvalue weighted by molar-refractivity contribution is 5.97. The molecule has 1 fully saturated rings. The number of nitriles is 1. The summed E-state index contributed by atoms with van der Waals surface area (Å²) >= 11 is 0. The molecule has 3 aliphatic rings. The van der Waals surface area contributed by atoms with E-state index >= 15 is 0 Å². The van der Waals surface area contributed by atoms with Crippen LogP contribution >= 0.6 is 0 Å². The number of azo groups is 1. The van der Waals surface area contributed by atoms with Crippen LogP contribution in [-0.2, 0) is 4.79 Å². The fraction of sp³-hybridized carbons (Fsp3) is 0.333. The highest BCUT2D eigenvalue weighted by Crippen LogP contribution is 2.51. The van der Waals surface area contributed by atoms with E-state index in [2.05, 4.69) is 15.5 Å². The Morgan fingerprint density at radius 3 is 3.00 bits per heavy atom. The smallest absolute Gasteiger partial charge is 0.273 e. The molecule has 0 spiro atoms. The molecule has 0 saturated heterocycles. The van der Waals surface area contributed by atoms with Gasteiger partial charge in [-0.3, -0.25) is 4.79 Å². The van der Waals surface area contributed by atoms with Crippen LogP contribution in [0.2, 0.25) is 0 Å². The number of nitrogens with zero attached hydrogens (tertiary/aromatic N) is 3. The summed E-state index contributed by atoms with van der Waals surface area (Å²) in [6.45, 7) is 3.29. The summed E-state index contributed by atoms with van der Waals surface area (Å²) in [6.07, 6.45) is 2.93. The molecule has 2 aliphatic carbocycles. The summed E-state index contributed by atoms with van der Waals surface area (Å²) in [4.78, 5) is 12.0. The zero-order chi connectivity index (χ0) is 12.2. The number of rotatable bonds is 2. The van der Waals surface area contributed by atoms with Gasteiger partial charge in [-0.2, -0.15) is 5.26 Å². The Bertz CT molecular complexity index is 611. The van der Waals surface area contributed by atoms with E-state index in [4.69, 9.17) is 5.26 Å². The molecule has 5 heteroatoms. The van der Waals surface area contributed by atoms with Crippen LogP contribution in [0.3, 0.4) is 0 Å². The number of amides is 1. The van der Waals surface area contributed by atoms with Gasteiger partial charge in [0.1, 0.15) is 5.54 Å². The number of hydrogen-bond acceptors (Lipinski definition) is 4. The molecule has 0 aromatic carbocycles. The van der Waals surface area contributed by atoms with Crippen LogP contribution in [0.25, 0.3) is 0 Å². The van der Waals surface area contributed by atoms with Crippen LogP contribution < -0.4 is 5.32 Å². The van der Waals surface area contributed by atoms with Gasteiger partial charge in [0.15, 0.2) is 5.70 Å². The minimum Gasteiger partial charge on any atom is -0.333 e. The first-order valence-corrected chi connectivity index (χ1v) is 5.36. The second-order valence-corrected chi connectivity index (χ2v) is 4.83. The Morgan fingerprint density at radius 1 is 1.53 bits per heavy atom. The molecule has 1 saturated carbocycles. The minimum absolute atomic E-state index is 0.315. The molecule has 0 unspecified atom stereocenters. The third kappa shape index (κ3) is 1.41. The SMILES string of the molecule is CC(C)(C#N)NC(=O)C1=C2C=C3CC3=C2N=N1. The number of carbonyl (C=O) groups excluding carboxylic acids is 1. The molecule has 1 amide bonds. The second-order valence-electron chi connectivity index (χ2n) is 4.83. The van der Waals surface area contributed by atoms with Crippen molar-refractivity contribution in [3.63, 3.8) is 0 Å². The second kappa shape index (κ2) is 2.92. The monoisotopic (exact) mass is 226 g/mol. The van der Waals surface area contributed by atoms with Crippen molar-refractivity contribution in [3.05, 3.63) is 34.2 Å². The largest absolute Gasteiger partial charge is 0.333 e. The lowest BCUT2D eigenvalue weighted by atomic mass is 10.1. The number of nitrogens with one attached hydrogen (secondary N) is 1. The number of carbonyl (C=O) groups is 1. The van der Waals surface area contributed by atoms with Crippen LogP contribution in [0.4, 0.5) is 0 Å². The lowest BCUT2D eigenvalue weighted by Gasteiger charge is -2.16. The molecule has 1 aliphatic heterocycles. The average Bonchev–Trinajstić information content (AvgIpc) is 2.75. The zero-order valence-corrected chi connectivity index (χ0v) is 9.53. The summed E-state index contributed by atoms with van der Waals surface area (Å²) in [5.74, 6) is -0.343. The van der Waals surface area contributed by atoms with E-state index in [1.54, 1.807) is 13.8 Å². The Hall–Kier alpha value is -2.22. The summed E-state index contributed by atoms with van der Waals surface area (Å²) in [5, 5.41) is 19.4. The predicted molar refractivity (Wildman–Crippen MR) is 59.4 cm³/mol. The maximum absolute atomic E-state index is 12.0. The highest BCUT2D eigenvalue weighted by Gasteiger charge is 2.38. The molecule has 5 nitrogen and oxygen atoms in total. The Morgan fingerprint density at radius 2 is 2.29 bits per heavy atom. The first-order chi connectivity index (χ1) is 8.02. The first-order valence-electron chi connectivity index (χ1n) is 5.36. The molecule has 0 radical (unpaired) electrons. The number of allylic oxidation sites excluding steroid dienone is 3. The van der Waals surface area contributed by atoms with E-state index in [-0.39, 0.29) is 5.91 Å². The summed E-state index contributed by atoms with van der Waals surface area (Å²) < 4.78 is 0. The van der Waals surface area contributed by atoms with Crippen LogP contribution in [-0.4, -0.2) is 11.4 Å². The van der Waals surface area contributed by atoms with E-state index in [1.165, 1.54) is 11.1 Å². The molecular formula is C12H10N4O. The van der Waals surface area contributed by atoms with Crippen molar-refractivity contribution in [2.75, 3.05) is 0 Å². The van der Waals surface area contributed by atoms with E-state index in [0.29, 0.717) is 5.70 Å². The molecule has 0 atom stereocenters. The molecular weight excluding hydrogens is 216 g/mol. The van der Waals surface area contributed by atoms with E-state index in [9.17, 15) is 4.79 Å². The van der Waals surface area contributed by atoms with Gasteiger partial charge in [0.05, 0.1) is 11.8 Å².